The van der Waals surface area contributed by atoms with Crippen LogP contribution in [-0.4, -0.2) is 16.6 Å². The largest absolute Gasteiger partial charge is 0.508 e. The highest BCUT2D eigenvalue weighted by molar-refractivity contribution is 5.42. The number of hydrogen-bond donors (Lipinski definition) is 1. The summed E-state index contributed by atoms with van der Waals surface area (Å²) in [4.78, 5) is 10.0. The minimum Gasteiger partial charge on any atom is -0.508 e. The molecule has 0 bridgehead atoms. The molecule has 0 saturated carbocycles. The number of aromatic hydroxyl groups is 1. The highest BCUT2D eigenvalue weighted by atomic mass is 16.6. The van der Waals surface area contributed by atoms with Gasteiger partial charge in [0, 0.05) is 24.3 Å². The average Bonchev–Trinajstić information content (AvgIpc) is 2.26. The number of hydrogen-bond acceptors (Lipinski definition) is 4. The van der Waals surface area contributed by atoms with E-state index in [-0.39, 0.29) is 18.0 Å². The Morgan fingerprint density at radius 1 is 1.50 bits per heavy atom. The zero-order valence-electron chi connectivity index (χ0n) is 9.18. The van der Waals surface area contributed by atoms with Crippen molar-refractivity contribution in [1.29, 1.82) is 0 Å². The molecule has 0 aliphatic heterocycles. The molecule has 1 N–H and O–H groups in total. The van der Waals surface area contributed by atoms with E-state index >= 15 is 0 Å². The molecule has 0 saturated heterocycles. The Balaban J connectivity index is 2.63. The van der Waals surface area contributed by atoms with Gasteiger partial charge in [0.1, 0.15) is 5.75 Å². The minimum absolute atomic E-state index is 0.0297. The van der Waals surface area contributed by atoms with Gasteiger partial charge in [0.25, 0.3) is 5.69 Å². The number of non-ortho nitro benzene ring substituents is 1. The molecule has 0 amide bonds. The van der Waals surface area contributed by atoms with Crippen molar-refractivity contribution in [3.8, 4) is 5.75 Å². The summed E-state index contributed by atoms with van der Waals surface area (Å²) in [6.07, 6.45) is 1.97. The summed E-state index contributed by atoms with van der Waals surface area (Å²) in [5.74, 6) is 0.0297. The number of unbranched alkanes of at least 4 members (excludes halogenated alkanes) is 1. The van der Waals surface area contributed by atoms with Crippen molar-refractivity contribution >= 4 is 5.69 Å². The van der Waals surface area contributed by atoms with E-state index in [1.165, 1.54) is 18.2 Å². The van der Waals surface area contributed by atoms with Gasteiger partial charge in [-0.25, -0.2) is 0 Å². The first-order chi connectivity index (χ1) is 7.65. The maximum Gasteiger partial charge on any atom is 0.270 e. The molecule has 0 spiro atoms. The number of phenols is 1. The van der Waals surface area contributed by atoms with Crippen LogP contribution in [-0.2, 0) is 11.3 Å². The van der Waals surface area contributed by atoms with Crippen molar-refractivity contribution in [2.24, 2.45) is 0 Å². The van der Waals surface area contributed by atoms with Crippen LogP contribution >= 0.6 is 0 Å². The van der Waals surface area contributed by atoms with Crippen LogP contribution in [0.5, 0.6) is 5.75 Å². The van der Waals surface area contributed by atoms with E-state index in [1.807, 2.05) is 6.92 Å². The lowest BCUT2D eigenvalue weighted by Crippen LogP contribution is -1.97. The van der Waals surface area contributed by atoms with Crippen LogP contribution in [0.3, 0.4) is 0 Å². The third-order valence-electron chi connectivity index (χ3n) is 2.17. The van der Waals surface area contributed by atoms with E-state index in [0.29, 0.717) is 12.2 Å². The molecule has 88 valence electrons. The highest BCUT2D eigenvalue weighted by Crippen LogP contribution is 2.23. The van der Waals surface area contributed by atoms with Crippen LogP contribution in [0.2, 0.25) is 0 Å². The maximum absolute atomic E-state index is 10.5. The van der Waals surface area contributed by atoms with Gasteiger partial charge in [0.15, 0.2) is 0 Å². The summed E-state index contributed by atoms with van der Waals surface area (Å²) in [6.45, 7) is 2.85. The average molecular weight is 225 g/mol. The lowest BCUT2D eigenvalue weighted by atomic mass is 10.2. The molecule has 0 aromatic heterocycles. The third-order valence-corrected chi connectivity index (χ3v) is 2.17. The van der Waals surface area contributed by atoms with Gasteiger partial charge in [-0.3, -0.25) is 10.1 Å². The van der Waals surface area contributed by atoms with Gasteiger partial charge in [-0.1, -0.05) is 13.3 Å². The van der Waals surface area contributed by atoms with Crippen molar-refractivity contribution in [2.75, 3.05) is 6.61 Å². The summed E-state index contributed by atoms with van der Waals surface area (Å²) in [6, 6.07) is 3.92. The molecular formula is C11H15NO4. The van der Waals surface area contributed by atoms with E-state index in [0.717, 1.165) is 12.8 Å². The standard InChI is InChI=1S/C11H15NO4/c1-2-3-6-16-8-9-7-10(12(14)15)4-5-11(9)13/h4-5,7,13H,2-3,6,8H2,1H3. The van der Waals surface area contributed by atoms with Crippen LogP contribution in [0, 0.1) is 10.1 Å². The molecule has 0 aliphatic carbocycles. The van der Waals surface area contributed by atoms with Crippen LogP contribution in [0.25, 0.3) is 0 Å². The van der Waals surface area contributed by atoms with Gasteiger partial charge >= 0.3 is 0 Å². The van der Waals surface area contributed by atoms with Gasteiger partial charge in [-0.2, -0.15) is 0 Å². The number of nitro groups is 1. The minimum atomic E-state index is -0.491. The monoisotopic (exact) mass is 225 g/mol. The van der Waals surface area contributed by atoms with E-state index < -0.39 is 4.92 Å². The van der Waals surface area contributed by atoms with Gasteiger partial charge < -0.3 is 9.84 Å². The fourth-order valence-corrected chi connectivity index (χ4v) is 1.23. The Kier molecular flexibility index (Phi) is 4.72. The SMILES string of the molecule is CCCCOCc1cc([N+](=O)[O-])ccc1O. The van der Waals surface area contributed by atoms with E-state index in [4.69, 9.17) is 4.74 Å². The molecule has 0 unspecified atom stereocenters. The van der Waals surface area contributed by atoms with Crippen molar-refractivity contribution in [3.05, 3.63) is 33.9 Å². The van der Waals surface area contributed by atoms with Crippen LogP contribution < -0.4 is 0 Å². The molecule has 0 aliphatic rings. The Bertz CT molecular complexity index is 365. The fourth-order valence-electron chi connectivity index (χ4n) is 1.23. The zero-order valence-corrected chi connectivity index (χ0v) is 9.18. The van der Waals surface area contributed by atoms with Crippen LogP contribution in [0.4, 0.5) is 5.69 Å². The predicted octanol–water partition coefficient (Wildman–Crippen LogP) is 2.62. The van der Waals surface area contributed by atoms with Crippen molar-refractivity contribution in [3.63, 3.8) is 0 Å². The Hall–Kier alpha value is -1.62. The predicted molar refractivity (Wildman–Crippen MR) is 59.3 cm³/mol. The quantitative estimate of drug-likeness (QED) is 0.459. The number of rotatable bonds is 6. The fraction of sp³-hybridized carbons (Fsp3) is 0.455. The molecular weight excluding hydrogens is 210 g/mol. The third kappa shape index (κ3) is 3.51. The molecule has 16 heavy (non-hydrogen) atoms. The van der Waals surface area contributed by atoms with Gasteiger partial charge in [0.2, 0.25) is 0 Å². The van der Waals surface area contributed by atoms with Crippen molar-refractivity contribution in [2.45, 2.75) is 26.4 Å². The molecule has 1 aromatic carbocycles. The van der Waals surface area contributed by atoms with Gasteiger partial charge in [-0.15, -0.1) is 0 Å². The van der Waals surface area contributed by atoms with Crippen molar-refractivity contribution < 1.29 is 14.8 Å². The molecule has 0 fully saturated rings. The molecule has 5 heteroatoms. The van der Waals surface area contributed by atoms with Crippen LogP contribution in [0.15, 0.2) is 18.2 Å². The Morgan fingerprint density at radius 2 is 2.25 bits per heavy atom. The summed E-state index contributed by atoms with van der Waals surface area (Å²) < 4.78 is 5.29. The Labute approximate surface area is 93.8 Å². The first kappa shape index (κ1) is 12.4. The number of nitrogens with zero attached hydrogens (tertiary/aromatic N) is 1. The topological polar surface area (TPSA) is 72.6 Å². The molecule has 5 nitrogen and oxygen atoms in total. The van der Waals surface area contributed by atoms with E-state index in [9.17, 15) is 15.2 Å². The molecule has 0 heterocycles. The lowest BCUT2D eigenvalue weighted by Gasteiger charge is -2.05. The summed E-state index contributed by atoms with van der Waals surface area (Å²) >= 11 is 0. The van der Waals surface area contributed by atoms with Gasteiger partial charge in [0.05, 0.1) is 11.5 Å². The molecule has 0 atom stereocenters. The van der Waals surface area contributed by atoms with Crippen molar-refractivity contribution in [1.82, 2.24) is 0 Å². The first-order valence-corrected chi connectivity index (χ1v) is 5.19. The zero-order chi connectivity index (χ0) is 12.0. The highest BCUT2D eigenvalue weighted by Gasteiger charge is 2.09. The summed E-state index contributed by atoms with van der Waals surface area (Å²) in [7, 11) is 0. The number of phenolic OH excluding ortho intramolecular Hbond substituents is 1. The number of nitro benzene ring substituents is 1. The maximum atomic E-state index is 10.5. The van der Waals surface area contributed by atoms with E-state index in [2.05, 4.69) is 0 Å². The normalized spacial score (nSPS) is 10.3. The summed E-state index contributed by atoms with van der Waals surface area (Å²) in [5.41, 5.74) is 0.414. The number of ether oxygens (including phenoxy) is 1. The molecule has 1 aromatic rings. The van der Waals surface area contributed by atoms with E-state index in [1.54, 1.807) is 0 Å². The van der Waals surface area contributed by atoms with Crippen LogP contribution in [0.1, 0.15) is 25.3 Å². The second-order valence-electron chi connectivity index (χ2n) is 3.48. The molecule has 0 radical (unpaired) electrons. The Morgan fingerprint density at radius 3 is 2.88 bits per heavy atom. The first-order valence-electron chi connectivity index (χ1n) is 5.19. The summed E-state index contributed by atoms with van der Waals surface area (Å²) in [5, 5.41) is 20.0. The number of benzene rings is 1. The van der Waals surface area contributed by atoms with Gasteiger partial charge in [-0.05, 0) is 12.5 Å². The second-order valence-corrected chi connectivity index (χ2v) is 3.48. The molecule has 1 rings (SSSR count). The smallest absolute Gasteiger partial charge is 0.270 e. The lowest BCUT2D eigenvalue weighted by molar-refractivity contribution is -0.385. The second kappa shape index (κ2) is 6.07.